The van der Waals surface area contributed by atoms with E-state index in [0.717, 1.165) is 7.11 Å². The SMILES string of the molecule is COP(=O)(OCCOC(N)=O)OC[C@H](O)CO. The highest BCUT2D eigenvalue weighted by Crippen LogP contribution is 2.48. The van der Waals surface area contributed by atoms with E-state index in [1.807, 2.05) is 0 Å². The van der Waals surface area contributed by atoms with Gasteiger partial charge in [0.1, 0.15) is 12.7 Å². The number of primary amides is 1. The van der Waals surface area contributed by atoms with Crippen molar-refractivity contribution in [3.05, 3.63) is 0 Å². The number of nitrogens with two attached hydrogens (primary N) is 1. The molecule has 0 fully saturated rings. The van der Waals surface area contributed by atoms with Crippen molar-refractivity contribution < 1.29 is 37.9 Å². The third kappa shape index (κ3) is 8.08. The lowest BCUT2D eigenvalue weighted by atomic mass is 10.4. The number of ether oxygens (including phenoxy) is 1. The molecule has 2 atom stereocenters. The lowest BCUT2D eigenvalue weighted by Crippen LogP contribution is -2.20. The molecule has 10 heteroatoms. The van der Waals surface area contributed by atoms with Gasteiger partial charge < -0.3 is 20.7 Å². The molecule has 1 unspecified atom stereocenters. The number of carbonyl (C=O) groups is 1. The zero-order valence-electron chi connectivity index (χ0n) is 9.27. The van der Waals surface area contributed by atoms with Crippen molar-refractivity contribution in [2.75, 3.05) is 33.5 Å². The van der Waals surface area contributed by atoms with Gasteiger partial charge >= 0.3 is 13.9 Å². The Hall–Kier alpha value is -0.700. The van der Waals surface area contributed by atoms with Crippen molar-refractivity contribution in [2.45, 2.75) is 6.10 Å². The number of phosphoric ester groups is 1. The predicted molar refractivity (Wildman–Crippen MR) is 55.1 cm³/mol. The van der Waals surface area contributed by atoms with Crippen LogP contribution in [0.25, 0.3) is 0 Å². The van der Waals surface area contributed by atoms with Crippen LogP contribution in [0.3, 0.4) is 0 Å². The number of phosphoric acid groups is 1. The molecule has 0 spiro atoms. The molecule has 0 aromatic heterocycles. The Morgan fingerprint density at radius 3 is 2.53 bits per heavy atom. The van der Waals surface area contributed by atoms with Gasteiger partial charge in [-0.25, -0.2) is 9.36 Å². The summed E-state index contributed by atoms with van der Waals surface area (Å²) in [6.45, 7) is -1.43. The molecule has 0 bridgehead atoms. The Kier molecular flexibility index (Phi) is 8.05. The fourth-order valence-corrected chi connectivity index (χ4v) is 1.60. The van der Waals surface area contributed by atoms with E-state index in [0.29, 0.717) is 0 Å². The van der Waals surface area contributed by atoms with Gasteiger partial charge in [-0.2, -0.15) is 0 Å². The first-order chi connectivity index (χ1) is 7.93. The van der Waals surface area contributed by atoms with Crippen LogP contribution in [0.15, 0.2) is 0 Å². The summed E-state index contributed by atoms with van der Waals surface area (Å²) < 4.78 is 29.8. The lowest BCUT2D eigenvalue weighted by Gasteiger charge is -2.17. The monoisotopic (exact) mass is 273 g/mol. The maximum atomic E-state index is 11.6. The minimum Gasteiger partial charge on any atom is -0.447 e. The molecule has 0 saturated carbocycles. The van der Waals surface area contributed by atoms with Crippen LogP contribution in [-0.4, -0.2) is 55.9 Å². The van der Waals surface area contributed by atoms with E-state index >= 15 is 0 Å². The maximum Gasteiger partial charge on any atom is 0.474 e. The number of hydrogen-bond donors (Lipinski definition) is 3. The number of aliphatic hydroxyl groups excluding tert-OH is 2. The Balaban J connectivity index is 3.93. The third-order valence-electron chi connectivity index (χ3n) is 1.44. The van der Waals surface area contributed by atoms with E-state index in [1.54, 1.807) is 0 Å². The van der Waals surface area contributed by atoms with E-state index in [9.17, 15) is 9.36 Å². The van der Waals surface area contributed by atoms with Crippen LogP contribution in [0, 0.1) is 0 Å². The van der Waals surface area contributed by atoms with Crippen LogP contribution in [0.5, 0.6) is 0 Å². The van der Waals surface area contributed by atoms with Gasteiger partial charge in [-0.1, -0.05) is 0 Å². The van der Waals surface area contributed by atoms with E-state index in [2.05, 4.69) is 19.5 Å². The summed E-state index contributed by atoms with van der Waals surface area (Å²) in [4.78, 5) is 10.2. The summed E-state index contributed by atoms with van der Waals surface area (Å²) >= 11 is 0. The highest BCUT2D eigenvalue weighted by Gasteiger charge is 2.26. The number of rotatable bonds is 9. The largest absolute Gasteiger partial charge is 0.474 e. The van der Waals surface area contributed by atoms with E-state index in [4.69, 9.17) is 14.7 Å². The van der Waals surface area contributed by atoms with Crippen molar-refractivity contribution in [2.24, 2.45) is 5.73 Å². The average molecular weight is 273 g/mol. The second-order valence-electron chi connectivity index (χ2n) is 2.76. The molecule has 0 radical (unpaired) electrons. The molecule has 0 aliphatic carbocycles. The lowest BCUT2D eigenvalue weighted by molar-refractivity contribution is 0.0296. The molecule has 9 nitrogen and oxygen atoms in total. The maximum absolute atomic E-state index is 11.6. The van der Waals surface area contributed by atoms with Crippen molar-refractivity contribution >= 4 is 13.9 Å². The fraction of sp³-hybridized carbons (Fsp3) is 0.857. The molecule has 4 N–H and O–H groups in total. The highest BCUT2D eigenvalue weighted by molar-refractivity contribution is 7.48. The molecule has 0 aliphatic heterocycles. The molecule has 0 aromatic carbocycles. The quantitative estimate of drug-likeness (QED) is 0.367. The molecule has 0 aromatic rings. The zero-order chi connectivity index (χ0) is 13.3. The minimum atomic E-state index is -3.83. The Labute approximate surface area is 98.0 Å². The molecular weight excluding hydrogens is 257 g/mol. The number of amides is 1. The Morgan fingerprint density at radius 1 is 1.41 bits per heavy atom. The van der Waals surface area contributed by atoms with Crippen LogP contribution in [-0.2, 0) is 22.9 Å². The topological polar surface area (TPSA) is 138 Å². The van der Waals surface area contributed by atoms with Gasteiger partial charge in [0.15, 0.2) is 0 Å². The Bertz CT molecular complexity index is 273. The van der Waals surface area contributed by atoms with Gasteiger partial charge in [0.2, 0.25) is 0 Å². The molecule has 0 saturated heterocycles. The van der Waals surface area contributed by atoms with Crippen molar-refractivity contribution in [1.29, 1.82) is 0 Å². The van der Waals surface area contributed by atoms with E-state index in [1.165, 1.54) is 0 Å². The van der Waals surface area contributed by atoms with Crippen LogP contribution < -0.4 is 5.73 Å². The average Bonchev–Trinajstić information content (AvgIpc) is 2.31. The predicted octanol–water partition coefficient (Wildman–Crippen LogP) is -0.777. The first-order valence-corrected chi connectivity index (χ1v) is 6.05. The summed E-state index contributed by atoms with van der Waals surface area (Å²) in [7, 11) is -2.75. The van der Waals surface area contributed by atoms with Gasteiger partial charge in [-0.3, -0.25) is 13.6 Å². The second kappa shape index (κ2) is 8.40. The van der Waals surface area contributed by atoms with Crippen LogP contribution in [0.1, 0.15) is 0 Å². The van der Waals surface area contributed by atoms with Crippen molar-refractivity contribution in [3.8, 4) is 0 Å². The summed E-state index contributed by atoms with van der Waals surface area (Å²) in [5.41, 5.74) is 4.68. The molecule has 1 amide bonds. The molecule has 102 valence electrons. The molecule has 0 aliphatic rings. The first-order valence-electron chi connectivity index (χ1n) is 4.59. The summed E-state index contributed by atoms with van der Waals surface area (Å²) in [6, 6.07) is 0. The summed E-state index contributed by atoms with van der Waals surface area (Å²) in [5.74, 6) is 0. The molecule has 0 rings (SSSR count). The number of hydrogen-bond acceptors (Lipinski definition) is 8. The number of carbonyl (C=O) groups excluding carboxylic acids is 1. The first kappa shape index (κ1) is 16.3. The van der Waals surface area contributed by atoms with Gasteiger partial charge in [0.05, 0.1) is 19.8 Å². The van der Waals surface area contributed by atoms with Crippen LogP contribution in [0.4, 0.5) is 4.79 Å². The highest BCUT2D eigenvalue weighted by atomic mass is 31.2. The normalized spacial score (nSPS) is 16.2. The minimum absolute atomic E-state index is 0.214. The van der Waals surface area contributed by atoms with Gasteiger partial charge in [0, 0.05) is 7.11 Å². The molecular formula is C7H16NO8P. The van der Waals surface area contributed by atoms with Crippen LogP contribution in [0.2, 0.25) is 0 Å². The second-order valence-corrected chi connectivity index (χ2v) is 4.54. The summed E-state index contributed by atoms with van der Waals surface area (Å²) in [6.07, 6.45) is -2.18. The van der Waals surface area contributed by atoms with E-state index in [-0.39, 0.29) is 13.2 Å². The zero-order valence-corrected chi connectivity index (χ0v) is 10.2. The van der Waals surface area contributed by atoms with Gasteiger partial charge in [-0.15, -0.1) is 0 Å². The Morgan fingerprint density at radius 2 is 2.06 bits per heavy atom. The number of aliphatic hydroxyl groups is 2. The van der Waals surface area contributed by atoms with Gasteiger partial charge in [-0.05, 0) is 0 Å². The smallest absolute Gasteiger partial charge is 0.447 e. The van der Waals surface area contributed by atoms with Crippen LogP contribution >= 0.6 is 7.82 Å². The van der Waals surface area contributed by atoms with E-state index < -0.39 is 33.2 Å². The summed E-state index contributed by atoms with van der Waals surface area (Å²) in [5, 5.41) is 17.5. The molecule has 0 heterocycles. The third-order valence-corrected chi connectivity index (χ3v) is 2.85. The fourth-order valence-electron chi connectivity index (χ4n) is 0.664. The van der Waals surface area contributed by atoms with Gasteiger partial charge in [0.25, 0.3) is 0 Å². The molecule has 17 heavy (non-hydrogen) atoms. The standard InChI is InChI=1S/C7H16NO8P/c1-13-17(12,16-5-6(10)4-9)15-3-2-14-7(8)11/h6,9-10H,2-5H2,1H3,(H2,8,11)/t6-,17?/m1/s1. The van der Waals surface area contributed by atoms with Crippen molar-refractivity contribution in [3.63, 3.8) is 0 Å². The van der Waals surface area contributed by atoms with Crippen molar-refractivity contribution in [1.82, 2.24) is 0 Å².